The third-order valence-electron chi connectivity index (χ3n) is 3.46. The normalized spacial score (nSPS) is 21.3. The van der Waals surface area contributed by atoms with E-state index in [1.165, 1.54) is 6.07 Å². The van der Waals surface area contributed by atoms with E-state index in [-0.39, 0.29) is 23.6 Å². The Morgan fingerprint density at radius 3 is 2.48 bits per heavy atom. The summed E-state index contributed by atoms with van der Waals surface area (Å²) in [5, 5.41) is 29.0. The van der Waals surface area contributed by atoms with Gasteiger partial charge in [-0.2, -0.15) is 0 Å². The van der Waals surface area contributed by atoms with E-state index in [1.54, 1.807) is 6.07 Å². The van der Waals surface area contributed by atoms with Gasteiger partial charge in [0, 0.05) is 12.1 Å². The molecule has 110 valence electrons. The molecule has 1 saturated heterocycles. The first-order valence-corrected chi connectivity index (χ1v) is 6.60. The van der Waals surface area contributed by atoms with Crippen molar-refractivity contribution in [3.05, 3.63) is 48.0 Å². The summed E-state index contributed by atoms with van der Waals surface area (Å²) in [6.07, 6.45) is -0.262. The van der Waals surface area contributed by atoms with Crippen molar-refractivity contribution >= 4 is 0 Å². The average Bonchev–Trinajstić information content (AvgIpc) is 2.94. The number of para-hydroxylation sites is 1. The summed E-state index contributed by atoms with van der Waals surface area (Å²) < 4.78 is 5.89. The number of phenolic OH excluding ortho intramolecular Hbond substituents is 3. The molecular formula is C15H16N2O4. The lowest BCUT2D eigenvalue weighted by atomic mass is 10.0. The van der Waals surface area contributed by atoms with Crippen LogP contribution in [0.3, 0.4) is 0 Å². The number of aromatic hydroxyl groups is 3. The molecule has 1 heterocycles. The molecule has 1 fully saturated rings. The van der Waals surface area contributed by atoms with Gasteiger partial charge in [0.2, 0.25) is 5.75 Å². The predicted molar refractivity (Wildman–Crippen MR) is 76.2 cm³/mol. The van der Waals surface area contributed by atoms with Crippen LogP contribution in [0.25, 0.3) is 0 Å². The van der Waals surface area contributed by atoms with Gasteiger partial charge in [0.25, 0.3) is 0 Å². The standard InChI is InChI=1S/C15H16N2O4/c18-11-7-6-10(14(19)15(11)20)13-12(8-16-17-13)21-9-4-2-1-3-5-9/h1-7,12-13,16-20H,8H2. The maximum absolute atomic E-state index is 9.99. The quantitative estimate of drug-likeness (QED) is 0.548. The summed E-state index contributed by atoms with van der Waals surface area (Å²) in [6, 6.07) is 11.9. The largest absolute Gasteiger partial charge is 0.504 e. The fourth-order valence-corrected chi connectivity index (χ4v) is 2.38. The summed E-state index contributed by atoms with van der Waals surface area (Å²) in [7, 11) is 0. The van der Waals surface area contributed by atoms with E-state index in [1.807, 2.05) is 30.3 Å². The van der Waals surface area contributed by atoms with E-state index >= 15 is 0 Å². The molecule has 2 aromatic rings. The molecule has 0 saturated carbocycles. The molecule has 0 spiro atoms. The van der Waals surface area contributed by atoms with Gasteiger partial charge in [0.05, 0.1) is 6.04 Å². The highest BCUT2D eigenvalue weighted by Crippen LogP contribution is 2.41. The molecule has 6 heteroatoms. The number of hydrogen-bond donors (Lipinski definition) is 5. The second-order valence-electron chi connectivity index (χ2n) is 4.84. The van der Waals surface area contributed by atoms with Crippen molar-refractivity contribution in [3.8, 4) is 23.0 Å². The van der Waals surface area contributed by atoms with Gasteiger partial charge in [-0.1, -0.05) is 18.2 Å². The van der Waals surface area contributed by atoms with Gasteiger partial charge in [-0.05, 0) is 24.3 Å². The van der Waals surface area contributed by atoms with Crippen molar-refractivity contribution in [1.82, 2.24) is 10.9 Å². The van der Waals surface area contributed by atoms with Crippen molar-refractivity contribution in [2.24, 2.45) is 0 Å². The highest BCUT2D eigenvalue weighted by atomic mass is 16.5. The Bertz CT molecular complexity index is 633. The van der Waals surface area contributed by atoms with Crippen LogP contribution in [-0.4, -0.2) is 28.0 Å². The summed E-state index contributed by atoms with van der Waals surface area (Å²) >= 11 is 0. The molecule has 0 aliphatic carbocycles. The Hall–Kier alpha value is -2.44. The molecule has 0 aromatic heterocycles. The average molecular weight is 288 g/mol. The van der Waals surface area contributed by atoms with E-state index in [9.17, 15) is 15.3 Å². The van der Waals surface area contributed by atoms with E-state index in [0.29, 0.717) is 12.1 Å². The minimum Gasteiger partial charge on any atom is -0.504 e. The zero-order chi connectivity index (χ0) is 14.8. The van der Waals surface area contributed by atoms with E-state index < -0.39 is 5.75 Å². The van der Waals surface area contributed by atoms with Gasteiger partial charge in [-0.25, -0.2) is 5.43 Å². The van der Waals surface area contributed by atoms with Crippen LogP contribution in [0.5, 0.6) is 23.0 Å². The molecule has 2 aromatic carbocycles. The zero-order valence-electron chi connectivity index (χ0n) is 11.2. The lowest BCUT2D eigenvalue weighted by molar-refractivity contribution is 0.195. The Morgan fingerprint density at radius 2 is 1.71 bits per heavy atom. The number of rotatable bonds is 3. The lowest BCUT2D eigenvalue weighted by Crippen LogP contribution is -2.28. The van der Waals surface area contributed by atoms with Crippen LogP contribution >= 0.6 is 0 Å². The van der Waals surface area contributed by atoms with Gasteiger partial charge in [-0.3, -0.25) is 5.43 Å². The second-order valence-corrected chi connectivity index (χ2v) is 4.84. The van der Waals surface area contributed by atoms with Crippen LogP contribution in [0, 0.1) is 0 Å². The van der Waals surface area contributed by atoms with Gasteiger partial charge in [0.1, 0.15) is 11.9 Å². The van der Waals surface area contributed by atoms with Gasteiger partial charge in [0.15, 0.2) is 11.5 Å². The predicted octanol–water partition coefficient (Wildman–Crippen LogP) is 1.40. The molecule has 3 rings (SSSR count). The van der Waals surface area contributed by atoms with Gasteiger partial charge < -0.3 is 20.1 Å². The van der Waals surface area contributed by atoms with Crippen molar-refractivity contribution < 1.29 is 20.1 Å². The fourth-order valence-electron chi connectivity index (χ4n) is 2.38. The van der Waals surface area contributed by atoms with Crippen LogP contribution < -0.4 is 15.6 Å². The van der Waals surface area contributed by atoms with E-state index in [2.05, 4.69) is 10.9 Å². The number of benzene rings is 2. The van der Waals surface area contributed by atoms with Crippen molar-refractivity contribution in [3.63, 3.8) is 0 Å². The smallest absolute Gasteiger partial charge is 0.200 e. The number of hydrazine groups is 1. The first-order chi connectivity index (χ1) is 10.2. The first kappa shape index (κ1) is 13.5. The van der Waals surface area contributed by atoms with Crippen LogP contribution in [0.2, 0.25) is 0 Å². The second kappa shape index (κ2) is 5.51. The number of hydrogen-bond acceptors (Lipinski definition) is 6. The van der Waals surface area contributed by atoms with Crippen molar-refractivity contribution in [2.45, 2.75) is 12.1 Å². The third kappa shape index (κ3) is 2.58. The molecule has 6 nitrogen and oxygen atoms in total. The summed E-state index contributed by atoms with van der Waals surface area (Å²) in [6.45, 7) is 0.542. The minimum atomic E-state index is -0.528. The molecule has 0 bridgehead atoms. The summed E-state index contributed by atoms with van der Waals surface area (Å²) in [5.74, 6) is -0.513. The Balaban J connectivity index is 1.86. The zero-order valence-corrected chi connectivity index (χ0v) is 11.2. The van der Waals surface area contributed by atoms with Gasteiger partial charge >= 0.3 is 0 Å². The molecule has 1 aliphatic heterocycles. The Morgan fingerprint density at radius 1 is 0.952 bits per heavy atom. The van der Waals surface area contributed by atoms with E-state index in [0.717, 1.165) is 5.75 Å². The molecule has 1 aliphatic rings. The molecule has 2 unspecified atom stereocenters. The third-order valence-corrected chi connectivity index (χ3v) is 3.46. The fraction of sp³-hybridized carbons (Fsp3) is 0.200. The number of ether oxygens (including phenoxy) is 1. The Kier molecular flexibility index (Phi) is 3.55. The summed E-state index contributed by atoms with van der Waals surface area (Å²) in [4.78, 5) is 0. The SMILES string of the molecule is Oc1ccc(C2NNCC2Oc2ccccc2)c(O)c1O. The molecule has 21 heavy (non-hydrogen) atoms. The molecular weight excluding hydrogens is 272 g/mol. The first-order valence-electron chi connectivity index (χ1n) is 6.60. The molecule has 5 N–H and O–H groups in total. The van der Waals surface area contributed by atoms with Gasteiger partial charge in [-0.15, -0.1) is 0 Å². The van der Waals surface area contributed by atoms with Crippen LogP contribution in [0.4, 0.5) is 0 Å². The lowest BCUT2D eigenvalue weighted by Gasteiger charge is -2.21. The number of phenols is 3. The van der Waals surface area contributed by atoms with Crippen LogP contribution in [0.1, 0.15) is 11.6 Å². The number of nitrogens with one attached hydrogen (secondary N) is 2. The molecule has 0 amide bonds. The maximum atomic E-state index is 9.99. The van der Waals surface area contributed by atoms with Crippen molar-refractivity contribution in [1.29, 1.82) is 0 Å². The summed E-state index contributed by atoms with van der Waals surface area (Å²) in [5.41, 5.74) is 6.43. The minimum absolute atomic E-state index is 0.262. The maximum Gasteiger partial charge on any atom is 0.200 e. The van der Waals surface area contributed by atoms with Crippen molar-refractivity contribution in [2.75, 3.05) is 6.54 Å². The van der Waals surface area contributed by atoms with Crippen LogP contribution in [0.15, 0.2) is 42.5 Å². The Labute approximate surface area is 121 Å². The highest BCUT2D eigenvalue weighted by molar-refractivity contribution is 5.54. The highest BCUT2D eigenvalue weighted by Gasteiger charge is 2.33. The monoisotopic (exact) mass is 288 g/mol. The topological polar surface area (TPSA) is 94.0 Å². The van der Waals surface area contributed by atoms with E-state index in [4.69, 9.17) is 4.74 Å². The molecule has 0 radical (unpaired) electrons. The van der Waals surface area contributed by atoms with Crippen LogP contribution in [-0.2, 0) is 0 Å². The molecule has 2 atom stereocenters.